The Morgan fingerprint density at radius 2 is 1.76 bits per heavy atom. The first-order valence-corrected chi connectivity index (χ1v) is 13.2. The summed E-state index contributed by atoms with van der Waals surface area (Å²) in [5.41, 5.74) is 0.889. The fourth-order valence-electron chi connectivity index (χ4n) is 5.21. The lowest BCUT2D eigenvalue weighted by atomic mass is 9.95. The Morgan fingerprint density at radius 3 is 2.41 bits per heavy atom. The van der Waals surface area contributed by atoms with Crippen LogP contribution in [0.3, 0.4) is 0 Å². The Kier molecular flexibility index (Phi) is 5.77. The molecule has 2 aromatic carbocycles. The molecule has 2 fully saturated rings. The maximum Gasteiger partial charge on any atom is 0.324 e. The first-order chi connectivity index (χ1) is 17.4. The number of benzene rings is 2. The first-order valence-electron chi connectivity index (χ1n) is 11.3. The second-order valence-electron chi connectivity index (χ2n) is 9.53. The third-order valence-corrected chi connectivity index (χ3v) is 8.59. The van der Waals surface area contributed by atoms with E-state index in [0.717, 1.165) is 28.2 Å². The van der Waals surface area contributed by atoms with Gasteiger partial charge in [0.15, 0.2) is 9.84 Å². The topological polar surface area (TPSA) is 133 Å². The van der Waals surface area contributed by atoms with Gasteiger partial charge >= 0.3 is 6.03 Å². The van der Waals surface area contributed by atoms with Crippen molar-refractivity contribution in [3.63, 3.8) is 0 Å². The van der Waals surface area contributed by atoms with E-state index in [1.807, 2.05) is 0 Å². The largest absolute Gasteiger partial charge is 0.325 e. The van der Waals surface area contributed by atoms with E-state index in [0.29, 0.717) is 18.2 Å². The highest BCUT2D eigenvalue weighted by molar-refractivity contribution is 7.92. The predicted octanol–water partition coefficient (Wildman–Crippen LogP) is 0.921. The number of hydrogen-bond donors (Lipinski definition) is 2. The van der Waals surface area contributed by atoms with Gasteiger partial charge in [0.25, 0.3) is 5.91 Å². The lowest BCUT2D eigenvalue weighted by molar-refractivity contribution is -0.135. The van der Waals surface area contributed by atoms with Gasteiger partial charge in [-0.05, 0) is 41.0 Å². The molecule has 0 unspecified atom stereocenters. The van der Waals surface area contributed by atoms with Crippen LogP contribution in [0.25, 0.3) is 0 Å². The highest BCUT2D eigenvalue weighted by Gasteiger charge is 2.54. The molecular formula is C24H22F2N4O6S. The molecule has 5 rings (SSSR count). The van der Waals surface area contributed by atoms with Crippen LogP contribution in [0, 0.1) is 11.6 Å². The Bertz CT molecular complexity index is 1460. The zero-order valence-electron chi connectivity index (χ0n) is 19.6. The minimum absolute atomic E-state index is 0.0711. The number of nitrogens with one attached hydrogen (secondary N) is 2. The third kappa shape index (κ3) is 4.43. The van der Waals surface area contributed by atoms with E-state index in [1.54, 1.807) is 25.2 Å². The number of likely N-dealkylation sites (N-methyl/N-ethyl adjacent to an activating group) is 1. The number of rotatable bonds is 4. The molecule has 2 saturated heterocycles. The van der Waals surface area contributed by atoms with Crippen molar-refractivity contribution in [3.8, 4) is 0 Å². The van der Waals surface area contributed by atoms with Crippen molar-refractivity contribution in [2.75, 3.05) is 30.4 Å². The zero-order chi connectivity index (χ0) is 26.7. The van der Waals surface area contributed by atoms with Crippen LogP contribution in [0.2, 0.25) is 0 Å². The van der Waals surface area contributed by atoms with E-state index in [-0.39, 0.29) is 17.9 Å². The summed E-state index contributed by atoms with van der Waals surface area (Å²) in [6, 6.07) is 5.80. The van der Waals surface area contributed by atoms with E-state index < -0.39 is 68.9 Å². The van der Waals surface area contributed by atoms with Crippen molar-refractivity contribution < 1.29 is 36.4 Å². The molecule has 2 aromatic rings. The van der Waals surface area contributed by atoms with Gasteiger partial charge in [0.2, 0.25) is 11.8 Å². The summed E-state index contributed by atoms with van der Waals surface area (Å²) in [7, 11) is -2.29. The average Bonchev–Trinajstić information content (AvgIpc) is 3.27. The minimum Gasteiger partial charge on any atom is -0.325 e. The number of urea groups is 1. The van der Waals surface area contributed by atoms with Gasteiger partial charge in [0.05, 0.1) is 11.8 Å². The third-order valence-electron chi connectivity index (χ3n) is 7.08. The number of imide groups is 1. The van der Waals surface area contributed by atoms with Crippen molar-refractivity contribution in [1.29, 1.82) is 0 Å². The molecule has 5 amide bonds. The molecule has 1 spiro atoms. The molecule has 0 saturated carbocycles. The van der Waals surface area contributed by atoms with Crippen LogP contribution in [0.4, 0.5) is 19.3 Å². The number of halogens is 2. The molecule has 194 valence electrons. The molecule has 3 aliphatic rings. The highest BCUT2D eigenvalue weighted by Crippen LogP contribution is 2.38. The van der Waals surface area contributed by atoms with Gasteiger partial charge in [0, 0.05) is 31.6 Å². The van der Waals surface area contributed by atoms with E-state index in [4.69, 9.17) is 0 Å². The molecular weight excluding hydrogens is 510 g/mol. The summed E-state index contributed by atoms with van der Waals surface area (Å²) < 4.78 is 52.1. The van der Waals surface area contributed by atoms with Gasteiger partial charge in [-0.25, -0.2) is 22.0 Å². The first kappa shape index (κ1) is 24.8. The Labute approximate surface area is 210 Å². The number of amides is 5. The van der Waals surface area contributed by atoms with Crippen molar-refractivity contribution in [2.45, 2.75) is 24.4 Å². The molecule has 0 bridgehead atoms. The Balaban J connectivity index is 1.34. The normalized spacial score (nSPS) is 24.4. The van der Waals surface area contributed by atoms with Crippen molar-refractivity contribution in [2.24, 2.45) is 0 Å². The smallest absolute Gasteiger partial charge is 0.324 e. The van der Waals surface area contributed by atoms with E-state index in [9.17, 15) is 36.4 Å². The number of fused-ring (bicyclic) bond motifs is 1. The van der Waals surface area contributed by atoms with E-state index in [1.165, 1.54) is 4.90 Å². The molecule has 2 aliphatic heterocycles. The maximum absolute atomic E-state index is 13.8. The van der Waals surface area contributed by atoms with Gasteiger partial charge in [-0.3, -0.25) is 19.7 Å². The molecule has 2 N–H and O–H groups in total. The highest BCUT2D eigenvalue weighted by atomic mass is 32.2. The number of anilines is 1. The number of carbonyl (C=O) groups is 4. The van der Waals surface area contributed by atoms with Crippen LogP contribution in [0.1, 0.15) is 22.7 Å². The maximum atomic E-state index is 13.8. The second kappa shape index (κ2) is 8.61. The Morgan fingerprint density at radius 1 is 1.08 bits per heavy atom. The number of hydrogen-bond acceptors (Lipinski definition) is 6. The molecule has 2 atom stereocenters. The summed E-state index contributed by atoms with van der Waals surface area (Å²) in [5.74, 6) is -5.16. The van der Waals surface area contributed by atoms with Gasteiger partial charge < -0.3 is 15.1 Å². The zero-order valence-corrected chi connectivity index (χ0v) is 20.4. The van der Waals surface area contributed by atoms with Gasteiger partial charge in [-0.15, -0.1) is 0 Å². The van der Waals surface area contributed by atoms with Crippen LogP contribution in [0.15, 0.2) is 36.4 Å². The molecule has 13 heteroatoms. The lowest BCUT2D eigenvalue weighted by Gasteiger charge is -2.35. The van der Waals surface area contributed by atoms with Gasteiger partial charge in [-0.2, -0.15) is 0 Å². The molecule has 37 heavy (non-hydrogen) atoms. The monoisotopic (exact) mass is 532 g/mol. The summed E-state index contributed by atoms with van der Waals surface area (Å²) in [6.45, 7) is -0.544. The molecule has 0 radical (unpaired) electrons. The second-order valence-corrected chi connectivity index (χ2v) is 11.6. The van der Waals surface area contributed by atoms with Crippen LogP contribution < -0.4 is 10.6 Å². The molecule has 1 aliphatic carbocycles. The fraction of sp³-hybridized carbons (Fsp3) is 0.333. The van der Waals surface area contributed by atoms with Crippen molar-refractivity contribution in [3.05, 3.63) is 64.7 Å². The van der Waals surface area contributed by atoms with Crippen molar-refractivity contribution >= 4 is 39.3 Å². The minimum atomic E-state index is -3.84. The number of carbonyl (C=O) groups excluding carboxylic acids is 4. The molecule has 2 heterocycles. The summed E-state index contributed by atoms with van der Waals surface area (Å²) in [5, 5.41) is 4.97. The quantitative estimate of drug-likeness (QED) is 0.563. The van der Waals surface area contributed by atoms with Crippen LogP contribution in [0.5, 0.6) is 0 Å². The molecule has 10 nitrogen and oxygen atoms in total. The fourth-order valence-corrected chi connectivity index (χ4v) is 6.72. The van der Waals surface area contributed by atoms with Gasteiger partial charge in [-0.1, -0.05) is 6.07 Å². The standard InChI is InChI=1S/C24H22F2N4O6S/c1-29-23(34)28-22(33)24(29)8-13-2-3-18(6-15(13)9-24)27-20(31)10-30-19(11-37(35,36)12-21(30)32)14-4-16(25)7-17(26)5-14/h2-7,19H,8-12H2,1H3,(H,27,31)(H,28,33,34)/t19-,24-/m0/s1. The average molecular weight is 533 g/mol. The number of sulfone groups is 1. The summed E-state index contributed by atoms with van der Waals surface area (Å²) >= 11 is 0. The van der Waals surface area contributed by atoms with E-state index >= 15 is 0 Å². The Hall–Kier alpha value is -3.87. The van der Waals surface area contributed by atoms with Crippen LogP contribution in [-0.4, -0.2) is 72.6 Å². The summed E-state index contributed by atoms with van der Waals surface area (Å²) in [4.78, 5) is 52.3. The van der Waals surface area contributed by atoms with Gasteiger partial charge in [0.1, 0.15) is 29.5 Å². The van der Waals surface area contributed by atoms with Crippen molar-refractivity contribution in [1.82, 2.24) is 15.1 Å². The number of nitrogens with zero attached hydrogens (tertiary/aromatic N) is 2. The summed E-state index contributed by atoms with van der Waals surface area (Å²) in [6.07, 6.45) is 0.586. The predicted molar refractivity (Wildman–Crippen MR) is 126 cm³/mol. The van der Waals surface area contributed by atoms with Crippen LogP contribution in [-0.2, 0) is 37.1 Å². The SMILES string of the molecule is CN1C(=O)NC(=O)[C@@]12Cc1ccc(NC(=O)CN3C(=O)CS(=O)(=O)C[C@H]3c3cc(F)cc(F)c3)cc1C2. The lowest BCUT2D eigenvalue weighted by Crippen LogP contribution is -2.50. The molecule has 0 aromatic heterocycles. The van der Waals surface area contributed by atoms with E-state index in [2.05, 4.69) is 10.6 Å². The van der Waals surface area contributed by atoms with Crippen LogP contribution >= 0.6 is 0 Å².